The Morgan fingerprint density at radius 1 is 1.20 bits per heavy atom. The fourth-order valence-electron chi connectivity index (χ4n) is 2.96. The quantitative estimate of drug-likeness (QED) is 0.326. The largest absolute Gasteiger partial charge is 0.491 e. The summed E-state index contributed by atoms with van der Waals surface area (Å²) in [5.41, 5.74) is 2.34. The van der Waals surface area contributed by atoms with Gasteiger partial charge in [-0.05, 0) is 45.4 Å². The Morgan fingerprint density at radius 2 is 1.83 bits per heavy atom. The van der Waals surface area contributed by atoms with Gasteiger partial charge in [-0.25, -0.2) is 0 Å². The van der Waals surface area contributed by atoms with Crippen LogP contribution in [-0.4, -0.2) is 28.9 Å². The Bertz CT molecular complexity index is 878. The maximum atomic E-state index is 13.5. The molecule has 0 radical (unpaired) electrons. The number of nitrogens with one attached hydrogen (secondary N) is 2. The Morgan fingerprint density at radius 3 is 2.33 bits per heavy atom. The van der Waals surface area contributed by atoms with E-state index < -0.39 is 11.7 Å². The van der Waals surface area contributed by atoms with E-state index in [9.17, 15) is 13.2 Å². The second-order valence-electron chi connectivity index (χ2n) is 7.04. The minimum absolute atomic E-state index is 0. The van der Waals surface area contributed by atoms with E-state index in [1.54, 1.807) is 31.6 Å². The van der Waals surface area contributed by atoms with Crippen LogP contribution in [0.25, 0.3) is 0 Å². The van der Waals surface area contributed by atoms with Gasteiger partial charge in [0.1, 0.15) is 5.75 Å². The summed E-state index contributed by atoms with van der Waals surface area (Å²) in [7, 11) is 3.44. The molecule has 1 aromatic heterocycles. The molecule has 0 aliphatic rings. The zero-order chi connectivity index (χ0) is 21.8. The Balaban J connectivity index is 0.00000450. The molecule has 2 rings (SSSR count). The molecule has 0 saturated heterocycles. The highest BCUT2D eigenvalue weighted by molar-refractivity contribution is 14.0. The second-order valence-corrected chi connectivity index (χ2v) is 7.04. The van der Waals surface area contributed by atoms with Gasteiger partial charge in [0.2, 0.25) is 0 Å². The standard InChI is InChI=1S/C20H28F3N5O.HI/c1-12(2)29-16-8-7-15(18(9-16)20(21,22)23)10-25-19(24-5)26-11-17-13(3)27-28(6)14(17)4;/h7-9,12H,10-11H2,1-6H3,(H2,24,25,26);1H. The van der Waals surface area contributed by atoms with Gasteiger partial charge in [0.05, 0.1) is 17.4 Å². The van der Waals surface area contributed by atoms with E-state index in [4.69, 9.17) is 4.74 Å². The maximum absolute atomic E-state index is 13.5. The predicted octanol–water partition coefficient (Wildman–Crippen LogP) is 4.33. The van der Waals surface area contributed by atoms with Crippen LogP contribution in [0.2, 0.25) is 0 Å². The molecule has 1 heterocycles. The third kappa shape index (κ3) is 6.78. The number of hydrogen-bond donors (Lipinski definition) is 2. The van der Waals surface area contributed by atoms with Gasteiger partial charge >= 0.3 is 6.18 Å². The number of halogens is 4. The van der Waals surface area contributed by atoms with E-state index >= 15 is 0 Å². The first kappa shape index (κ1) is 26.1. The fraction of sp³-hybridized carbons (Fsp3) is 0.500. The van der Waals surface area contributed by atoms with Crippen molar-refractivity contribution in [2.24, 2.45) is 12.0 Å². The molecule has 0 amide bonds. The molecule has 0 aliphatic carbocycles. The number of aliphatic imine (C=N–C) groups is 1. The average molecular weight is 539 g/mol. The first-order chi connectivity index (χ1) is 13.5. The van der Waals surface area contributed by atoms with Crippen LogP contribution in [0.3, 0.4) is 0 Å². The minimum atomic E-state index is -4.48. The smallest absolute Gasteiger partial charge is 0.416 e. The normalized spacial score (nSPS) is 12.0. The van der Waals surface area contributed by atoms with Crippen molar-refractivity contribution in [1.29, 1.82) is 0 Å². The molecular formula is C20H29F3IN5O. The van der Waals surface area contributed by atoms with E-state index in [-0.39, 0.29) is 47.9 Å². The molecule has 0 unspecified atom stereocenters. The number of hydrogen-bond acceptors (Lipinski definition) is 3. The van der Waals surface area contributed by atoms with Crippen molar-refractivity contribution in [3.05, 3.63) is 46.3 Å². The number of guanidine groups is 1. The van der Waals surface area contributed by atoms with Crippen molar-refractivity contribution < 1.29 is 17.9 Å². The average Bonchev–Trinajstić information content (AvgIpc) is 2.87. The summed E-state index contributed by atoms with van der Waals surface area (Å²) in [6.45, 7) is 7.86. The van der Waals surface area contributed by atoms with Crippen molar-refractivity contribution in [3.8, 4) is 5.75 Å². The van der Waals surface area contributed by atoms with Crippen LogP contribution in [0, 0.1) is 13.8 Å². The molecule has 2 N–H and O–H groups in total. The maximum Gasteiger partial charge on any atom is 0.416 e. The number of aryl methyl sites for hydroxylation is 2. The number of benzene rings is 1. The zero-order valence-electron chi connectivity index (χ0n) is 18.0. The van der Waals surface area contributed by atoms with Crippen LogP contribution in [-0.2, 0) is 26.3 Å². The Labute approximate surface area is 192 Å². The van der Waals surface area contributed by atoms with Gasteiger partial charge in [-0.1, -0.05) is 6.07 Å². The molecule has 0 atom stereocenters. The van der Waals surface area contributed by atoms with Crippen molar-refractivity contribution >= 4 is 29.9 Å². The highest BCUT2D eigenvalue weighted by Gasteiger charge is 2.33. The molecule has 30 heavy (non-hydrogen) atoms. The lowest BCUT2D eigenvalue weighted by molar-refractivity contribution is -0.138. The Kier molecular flexibility index (Phi) is 9.44. The molecule has 168 valence electrons. The van der Waals surface area contributed by atoms with Gasteiger partial charge in [0.25, 0.3) is 0 Å². The van der Waals surface area contributed by atoms with Crippen LogP contribution in [0.5, 0.6) is 5.75 Å². The highest BCUT2D eigenvalue weighted by Crippen LogP contribution is 2.34. The van der Waals surface area contributed by atoms with Gasteiger partial charge in [0, 0.05) is 38.4 Å². The first-order valence-electron chi connectivity index (χ1n) is 9.33. The summed E-state index contributed by atoms with van der Waals surface area (Å²) >= 11 is 0. The van der Waals surface area contributed by atoms with Gasteiger partial charge in [-0.2, -0.15) is 18.3 Å². The lowest BCUT2D eigenvalue weighted by Crippen LogP contribution is -2.37. The number of aromatic nitrogens is 2. The fourth-order valence-corrected chi connectivity index (χ4v) is 2.96. The van der Waals surface area contributed by atoms with E-state index in [1.807, 2.05) is 20.9 Å². The monoisotopic (exact) mass is 539 g/mol. The zero-order valence-corrected chi connectivity index (χ0v) is 20.3. The summed E-state index contributed by atoms with van der Waals surface area (Å²) in [5, 5.41) is 10.4. The number of alkyl halides is 3. The molecule has 0 fully saturated rings. The number of ether oxygens (including phenoxy) is 1. The molecule has 1 aromatic carbocycles. The highest BCUT2D eigenvalue weighted by atomic mass is 127. The summed E-state index contributed by atoms with van der Waals surface area (Å²) in [5.74, 6) is 0.601. The van der Waals surface area contributed by atoms with Gasteiger partial charge in [-0.15, -0.1) is 24.0 Å². The molecule has 0 spiro atoms. The predicted molar refractivity (Wildman–Crippen MR) is 122 cm³/mol. The van der Waals surface area contributed by atoms with Crippen LogP contribution in [0.1, 0.15) is 41.9 Å². The van der Waals surface area contributed by atoms with Crippen LogP contribution in [0.15, 0.2) is 23.2 Å². The molecule has 2 aromatic rings. The summed E-state index contributed by atoms with van der Waals surface area (Å²) in [6.07, 6.45) is -4.68. The summed E-state index contributed by atoms with van der Waals surface area (Å²) in [4.78, 5) is 4.09. The summed E-state index contributed by atoms with van der Waals surface area (Å²) in [6, 6.07) is 4.01. The third-order valence-corrected chi connectivity index (χ3v) is 4.52. The van der Waals surface area contributed by atoms with Crippen molar-refractivity contribution in [2.75, 3.05) is 7.05 Å². The molecule has 10 heteroatoms. The van der Waals surface area contributed by atoms with Crippen LogP contribution >= 0.6 is 24.0 Å². The topological polar surface area (TPSA) is 63.5 Å². The van der Waals surface area contributed by atoms with Gasteiger partial charge < -0.3 is 15.4 Å². The lowest BCUT2D eigenvalue weighted by atomic mass is 10.1. The second kappa shape index (κ2) is 10.9. The van der Waals surface area contributed by atoms with Crippen molar-refractivity contribution in [3.63, 3.8) is 0 Å². The van der Waals surface area contributed by atoms with Gasteiger partial charge in [-0.3, -0.25) is 9.67 Å². The van der Waals surface area contributed by atoms with Crippen LogP contribution < -0.4 is 15.4 Å². The van der Waals surface area contributed by atoms with E-state index in [0.29, 0.717) is 12.5 Å². The number of rotatable bonds is 6. The van der Waals surface area contributed by atoms with E-state index in [2.05, 4.69) is 20.7 Å². The molecular weight excluding hydrogens is 510 g/mol. The molecule has 0 saturated carbocycles. The third-order valence-electron chi connectivity index (χ3n) is 4.52. The van der Waals surface area contributed by atoms with Crippen LogP contribution in [0.4, 0.5) is 13.2 Å². The Hall–Kier alpha value is -1.98. The molecule has 0 aliphatic heterocycles. The van der Waals surface area contributed by atoms with Crippen molar-refractivity contribution in [2.45, 2.75) is 53.1 Å². The van der Waals surface area contributed by atoms with Crippen molar-refractivity contribution in [1.82, 2.24) is 20.4 Å². The number of nitrogens with zero attached hydrogens (tertiary/aromatic N) is 3. The van der Waals surface area contributed by atoms with Gasteiger partial charge in [0.15, 0.2) is 5.96 Å². The van der Waals surface area contributed by atoms with E-state index in [1.165, 1.54) is 6.07 Å². The SMILES string of the molecule is CN=C(NCc1ccc(OC(C)C)cc1C(F)(F)F)NCc1c(C)nn(C)c1C.I. The minimum Gasteiger partial charge on any atom is -0.491 e. The molecule has 0 bridgehead atoms. The molecule has 6 nitrogen and oxygen atoms in total. The lowest BCUT2D eigenvalue weighted by Gasteiger charge is -2.18. The summed E-state index contributed by atoms with van der Waals surface area (Å²) < 4.78 is 47.7. The van der Waals surface area contributed by atoms with E-state index in [0.717, 1.165) is 23.0 Å². The first-order valence-corrected chi connectivity index (χ1v) is 9.33.